The summed E-state index contributed by atoms with van der Waals surface area (Å²) in [6.07, 6.45) is 3.28. The van der Waals surface area contributed by atoms with Gasteiger partial charge in [0.15, 0.2) is 0 Å². The van der Waals surface area contributed by atoms with Gasteiger partial charge < -0.3 is 15.5 Å². The molecule has 1 amide bonds. The Bertz CT molecular complexity index is 269. The fourth-order valence-corrected chi connectivity index (χ4v) is 3.02. The van der Waals surface area contributed by atoms with Crippen molar-refractivity contribution in [3.63, 3.8) is 0 Å². The summed E-state index contributed by atoms with van der Waals surface area (Å²) in [5.74, 6) is 0.924. The lowest BCUT2D eigenvalue weighted by atomic mass is 9.91. The SMILES string of the molecule is CCN1CCCC(C(C)NC2CNC(=O)C2)C1. The molecule has 3 atom stereocenters. The Kier molecular flexibility index (Phi) is 4.40. The van der Waals surface area contributed by atoms with Gasteiger partial charge in [0.05, 0.1) is 0 Å². The minimum absolute atomic E-state index is 0.188. The fraction of sp³-hybridized carbons (Fsp3) is 0.923. The molecule has 0 saturated carbocycles. The summed E-state index contributed by atoms with van der Waals surface area (Å²) in [5, 5.41) is 6.50. The van der Waals surface area contributed by atoms with Gasteiger partial charge in [-0.05, 0) is 38.8 Å². The summed E-state index contributed by atoms with van der Waals surface area (Å²) in [4.78, 5) is 13.7. The highest BCUT2D eigenvalue weighted by molar-refractivity contribution is 5.78. The van der Waals surface area contributed by atoms with Crippen molar-refractivity contribution in [2.75, 3.05) is 26.2 Å². The molecule has 0 aromatic heterocycles. The van der Waals surface area contributed by atoms with Crippen molar-refractivity contribution in [3.8, 4) is 0 Å². The maximum Gasteiger partial charge on any atom is 0.221 e. The Morgan fingerprint density at radius 3 is 3.06 bits per heavy atom. The number of carbonyl (C=O) groups excluding carboxylic acids is 1. The maximum atomic E-state index is 11.2. The molecule has 3 unspecified atom stereocenters. The number of nitrogens with one attached hydrogen (secondary N) is 2. The standard InChI is InChI=1S/C13H25N3O/c1-3-16-6-4-5-11(9-16)10(2)15-12-7-13(17)14-8-12/h10-12,15H,3-9H2,1-2H3,(H,14,17). The minimum atomic E-state index is 0.188. The third kappa shape index (κ3) is 3.42. The molecule has 0 spiro atoms. The maximum absolute atomic E-state index is 11.2. The summed E-state index contributed by atoms with van der Waals surface area (Å²) in [5.41, 5.74) is 0. The van der Waals surface area contributed by atoms with Gasteiger partial charge in [-0.25, -0.2) is 0 Å². The van der Waals surface area contributed by atoms with Crippen molar-refractivity contribution in [2.24, 2.45) is 5.92 Å². The first kappa shape index (κ1) is 12.8. The second-order valence-electron chi connectivity index (χ2n) is 5.46. The molecule has 98 valence electrons. The molecule has 0 bridgehead atoms. The topological polar surface area (TPSA) is 44.4 Å². The quantitative estimate of drug-likeness (QED) is 0.754. The predicted octanol–water partition coefficient (Wildman–Crippen LogP) is 0.585. The van der Waals surface area contributed by atoms with Crippen LogP contribution in [0.15, 0.2) is 0 Å². The van der Waals surface area contributed by atoms with Crippen molar-refractivity contribution >= 4 is 5.91 Å². The lowest BCUT2D eigenvalue weighted by Gasteiger charge is -2.36. The Labute approximate surface area is 104 Å². The summed E-state index contributed by atoms with van der Waals surface area (Å²) < 4.78 is 0. The van der Waals surface area contributed by atoms with Crippen LogP contribution in [0.1, 0.15) is 33.1 Å². The average Bonchev–Trinajstić information content (AvgIpc) is 2.75. The molecule has 2 heterocycles. The van der Waals surface area contributed by atoms with Gasteiger partial charge in [0.1, 0.15) is 0 Å². The molecular formula is C13H25N3O. The van der Waals surface area contributed by atoms with Crippen molar-refractivity contribution in [2.45, 2.75) is 45.2 Å². The number of carbonyl (C=O) groups is 1. The Morgan fingerprint density at radius 2 is 2.41 bits per heavy atom. The highest BCUT2D eigenvalue weighted by Crippen LogP contribution is 2.20. The highest BCUT2D eigenvalue weighted by Gasteiger charge is 2.28. The molecule has 17 heavy (non-hydrogen) atoms. The van der Waals surface area contributed by atoms with E-state index in [-0.39, 0.29) is 5.91 Å². The zero-order chi connectivity index (χ0) is 12.3. The highest BCUT2D eigenvalue weighted by atomic mass is 16.1. The molecule has 0 aromatic carbocycles. The van der Waals surface area contributed by atoms with Crippen LogP contribution in [-0.4, -0.2) is 49.1 Å². The van der Waals surface area contributed by atoms with E-state index in [0.717, 1.165) is 19.0 Å². The predicted molar refractivity (Wildman–Crippen MR) is 68.9 cm³/mol. The van der Waals surface area contributed by atoms with Gasteiger partial charge >= 0.3 is 0 Å². The summed E-state index contributed by atoms with van der Waals surface area (Å²) in [7, 11) is 0. The number of nitrogens with zero attached hydrogens (tertiary/aromatic N) is 1. The van der Waals surface area contributed by atoms with E-state index < -0.39 is 0 Å². The normalized spacial score (nSPS) is 32.5. The van der Waals surface area contributed by atoms with Crippen LogP contribution < -0.4 is 10.6 Å². The average molecular weight is 239 g/mol. The van der Waals surface area contributed by atoms with Crippen LogP contribution in [0.4, 0.5) is 0 Å². The van der Waals surface area contributed by atoms with E-state index in [9.17, 15) is 4.79 Å². The van der Waals surface area contributed by atoms with Gasteiger partial charge in [-0.2, -0.15) is 0 Å². The van der Waals surface area contributed by atoms with Gasteiger partial charge in [-0.3, -0.25) is 4.79 Å². The van der Waals surface area contributed by atoms with Crippen LogP contribution >= 0.6 is 0 Å². The van der Waals surface area contributed by atoms with E-state index in [1.165, 1.54) is 25.9 Å². The van der Waals surface area contributed by atoms with E-state index in [0.29, 0.717) is 18.5 Å². The number of hydrogen-bond acceptors (Lipinski definition) is 3. The van der Waals surface area contributed by atoms with E-state index in [2.05, 4.69) is 29.4 Å². The number of piperidine rings is 1. The van der Waals surface area contributed by atoms with Crippen LogP contribution in [0.25, 0.3) is 0 Å². The van der Waals surface area contributed by atoms with Crippen LogP contribution in [0.3, 0.4) is 0 Å². The molecule has 0 aromatic rings. The number of amides is 1. The van der Waals surface area contributed by atoms with Gasteiger partial charge in [0.25, 0.3) is 0 Å². The van der Waals surface area contributed by atoms with Gasteiger partial charge in [0.2, 0.25) is 5.91 Å². The smallest absolute Gasteiger partial charge is 0.221 e. The largest absolute Gasteiger partial charge is 0.354 e. The Hall–Kier alpha value is -0.610. The molecule has 0 radical (unpaired) electrons. The summed E-state index contributed by atoms with van der Waals surface area (Å²) >= 11 is 0. The van der Waals surface area contributed by atoms with Gasteiger partial charge in [-0.1, -0.05) is 6.92 Å². The number of rotatable bonds is 4. The molecule has 2 N–H and O–H groups in total. The monoisotopic (exact) mass is 239 g/mol. The number of hydrogen-bond donors (Lipinski definition) is 2. The molecule has 2 rings (SSSR count). The van der Waals surface area contributed by atoms with E-state index in [1.807, 2.05) is 0 Å². The Balaban J connectivity index is 1.78. The van der Waals surface area contributed by atoms with Crippen molar-refractivity contribution in [1.82, 2.24) is 15.5 Å². The summed E-state index contributed by atoms with van der Waals surface area (Å²) in [6, 6.07) is 0.858. The molecule has 2 fully saturated rings. The van der Waals surface area contributed by atoms with E-state index >= 15 is 0 Å². The molecule has 2 saturated heterocycles. The molecular weight excluding hydrogens is 214 g/mol. The first-order valence-corrected chi connectivity index (χ1v) is 6.94. The second-order valence-corrected chi connectivity index (χ2v) is 5.46. The Morgan fingerprint density at radius 1 is 1.59 bits per heavy atom. The third-order valence-electron chi connectivity index (χ3n) is 4.17. The summed E-state index contributed by atoms with van der Waals surface area (Å²) in [6.45, 7) is 8.93. The lowest BCUT2D eigenvalue weighted by Crippen LogP contribution is -2.47. The van der Waals surface area contributed by atoms with Gasteiger partial charge in [-0.15, -0.1) is 0 Å². The fourth-order valence-electron chi connectivity index (χ4n) is 3.02. The molecule has 2 aliphatic heterocycles. The van der Waals surface area contributed by atoms with Crippen molar-refractivity contribution in [1.29, 1.82) is 0 Å². The molecule has 4 nitrogen and oxygen atoms in total. The lowest BCUT2D eigenvalue weighted by molar-refractivity contribution is -0.119. The zero-order valence-electron chi connectivity index (χ0n) is 11.0. The van der Waals surface area contributed by atoms with E-state index in [1.54, 1.807) is 0 Å². The van der Waals surface area contributed by atoms with Gasteiger partial charge in [0, 0.05) is 31.6 Å². The van der Waals surface area contributed by atoms with E-state index in [4.69, 9.17) is 0 Å². The van der Waals surface area contributed by atoms with Crippen LogP contribution in [-0.2, 0) is 4.79 Å². The van der Waals surface area contributed by atoms with Crippen LogP contribution in [0.2, 0.25) is 0 Å². The van der Waals surface area contributed by atoms with Crippen molar-refractivity contribution < 1.29 is 4.79 Å². The van der Waals surface area contributed by atoms with Crippen LogP contribution in [0.5, 0.6) is 0 Å². The first-order valence-electron chi connectivity index (χ1n) is 6.94. The zero-order valence-corrected chi connectivity index (χ0v) is 11.0. The molecule has 4 heteroatoms. The van der Waals surface area contributed by atoms with Crippen LogP contribution in [0, 0.1) is 5.92 Å². The number of likely N-dealkylation sites (tertiary alicyclic amines) is 1. The third-order valence-corrected chi connectivity index (χ3v) is 4.17. The molecule has 0 aliphatic carbocycles. The first-order chi connectivity index (χ1) is 8.19. The van der Waals surface area contributed by atoms with Crippen molar-refractivity contribution in [3.05, 3.63) is 0 Å². The molecule has 2 aliphatic rings. The minimum Gasteiger partial charge on any atom is -0.354 e. The second kappa shape index (κ2) is 5.83.